The van der Waals surface area contributed by atoms with Crippen LogP contribution in [0.5, 0.6) is 0 Å². The van der Waals surface area contributed by atoms with Gasteiger partial charge in [0, 0.05) is 18.5 Å². The molecule has 0 aliphatic carbocycles. The molecule has 0 aromatic rings. The monoisotopic (exact) mass is 172 g/mol. The Kier molecular flexibility index (Phi) is 4.90. The first-order valence-electron chi connectivity index (χ1n) is 4.49. The van der Waals surface area contributed by atoms with Gasteiger partial charge in [-0.2, -0.15) is 0 Å². The highest BCUT2D eigenvalue weighted by Gasteiger charge is 2.17. The Labute approximate surface area is 74.7 Å². The van der Waals surface area contributed by atoms with Gasteiger partial charge < -0.3 is 11.1 Å². The van der Waals surface area contributed by atoms with E-state index < -0.39 is 0 Å². The number of nitrogens with one attached hydrogen (secondary N) is 1. The molecular formula is C9H20N2O. The zero-order valence-corrected chi connectivity index (χ0v) is 8.42. The van der Waals surface area contributed by atoms with Crippen LogP contribution in [0.25, 0.3) is 0 Å². The van der Waals surface area contributed by atoms with Crippen LogP contribution in [0.15, 0.2) is 0 Å². The average molecular weight is 172 g/mol. The molecule has 0 radical (unpaired) electrons. The van der Waals surface area contributed by atoms with Gasteiger partial charge in [0.2, 0.25) is 5.91 Å². The van der Waals surface area contributed by atoms with E-state index in [-0.39, 0.29) is 17.9 Å². The summed E-state index contributed by atoms with van der Waals surface area (Å²) in [4.78, 5) is 11.4. The van der Waals surface area contributed by atoms with E-state index in [1.54, 1.807) is 0 Å². The van der Waals surface area contributed by atoms with Crippen LogP contribution >= 0.6 is 0 Å². The number of carbonyl (C=O) groups excluding carboxylic acids is 1. The Morgan fingerprint density at radius 1 is 1.33 bits per heavy atom. The van der Waals surface area contributed by atoms with Gasteiger partial charge in [-0.3, -0.25) is 4.79 Å². The maximum absolute atomic E-state index is 11.4. The molecule has 2 atom stereocenters. The molecule has 0 aromatic heterocycles. The second-order valence-electron chi connectivity index (χ2n) is 3.68. The fourth-order valence-electron chi connectivity index (χ4n) is 0.736. The highest BCUT2D eigenvalue weighted by molar-refractivity contribution is 5.78. The quantitative estimate of drug-likeness (QED) is 0.657. The van der Waals surface area contributed by atoms with Gasteiger partial charge in [0.1, 0.15) is 0 Å². The molecule has 1 amide bonds. The van der Waals surface area contributed by atoms with Gasteiger partial charge >= 0.3 is 0 Å². The Balaban J connectivity index is 3.87. The van der Waals surface area contributed by atoms with E-state index in [9.17, 15) is 4.79 Å². The van der Waals surface area contributed by atoms with Crippen LogP contribution in [0, 0.1) is 11.8 Å². The van der Waals surface area contributed by atoms with Crippen molar-refractivity contribution < 1.29 is 4.79 Å². The molecule has 3 N–H and O–H groups in total. The van der Waals surface area contributed by atoms with E-state index in [2.05, 4.69) is 5.32 Å². The lowest BCUT2D eigenvalue weighted by molar-refractivity contribution is -0.126. The topological polar surface area (TPSA) is 55.1 Å². The van der Waals surface area contributed by atoms with E-state index in [4.69, 9.17) is 5.73 Å². The highest BCUT2D eigenvalue weighted by Crippen LogP contribution is 2.09. The predicted octanol–water partition coefficient (Wildman–Crippen LogP) is 0.742. The van der Waals surface area contributed by atoms with Crippen LogP contribution in [-0.4, -0.2) is 18.5 Å². The molecule has 0 aromatic carbocycles. The average Bonchev–Trinajstić information content (AvgIpc) is 2.02. The maximum atomic E-state index is 11.4. The summed E-state index contributed by atoms with van der Waals surface area (Å²) in [5.41, 5.74) is 5.38. The Morgan fingerprint density at radius 3 is 2.17 bits per heavy atom. The number of hydrogen-bond donors (Lipinski definition) is 2. The zero-order valence-electron chi connectivity index (χ0n) is 8.42. The highest BCUT2D eigenvalue weighted by atomic mass is 16.1. The first-order valence-corrected chi connectivity index (χ1v) is 4.49. The Morgan fingerprint density at radius 2 is 1.83 bits per heavy atom. The number of carbonyl (C=O) groups is 1. The first kappa shape index (κ1) is 11.4. The van der Waals surface area contributed by atoms with E-state index in [1.807, 2.05) is 27.7 Å². The minimum absolute atomic E-state index is 0.0685. The minimum Gasteiger partial charge on any atom is -0.352 e. The molecule has 3 nitrogen and oxygen atoms in total. The second kappa shape index (κ2) is 5.14. The van der Waals surface area contributed by atoms with E-state index in [1.165, 1.54) is 0 Å². The molecule has 72 valence electrons. The summed E-state index contributed by atoms with van der Waals surface area (Å²) in [6.45, 7) is 8.42. The van der Waals surface area contributed by atoms with Gasteiger partial charge in [-0.05, 0) is 12.8 Å². The van der Waals surface area contributed by atoms with E-state index in [0.29, 0.717) is 12.5 Å². The fraction of sp³-hybridized carbons (Fsp3) is 0.889. The largest absolute Gasteiger partial charge is 0.352 e. The predicted molar refractivity (Wildman–Crippen MR) is 50.7 cm³/mol. The standard InChI is InChI=1S/C9H20N2O/c1-6(2)8(4)9(12)11-7(3)5-10/h6-8H,5,10H2,1-4H3,(H,11,12)/t7-,8?/m1/s1. The lowest BCUT2D eigenvalue weighted by Crippen LogP contribution is -2.41. The lowest BCUT2D eigenvalue weighted by Gasteiger charge is -2.18. The molecule has 1 unspecified atom stereocenters. The van der Waals surface area contributed by atoms with Crippen LogP contribution in [0.4, 0.5) is 0 Å². The van der Waals surface area contributed by atoms with Crippen LogP contribution < -0.4 is 11.1 Å². The summed E-state index contributed by atoms with van der Waals surface area (Å²) in [5.74, 6) is 0.553. The van der Waals surface area contributed by atoms with Crippen molar-refractivity contribution in [3.8, 4) is 0 Å². The van der Waals surface area contributed by atoms with Crippen molar-refractivity contribution in [2.45, 2.75) is 33.7 Å². The molecule has 12 heavy (non-hydrogen) atoms. The summed E-state index contributed by atoms with van der Waals surface area (Å²) in [6, 6.07) is 0.0821. The molecule has 0 fully saturated rings. The van der Waals surface area contributed by atoms with Crippen LogP contribution in [0.3, 0.4) is 0 Å². The summed E-state index contributed by atoms with van der Waals surface area (Å²) in [5, 5.41) is 2.85. The number of rotatable bonds is 4. The number of hydrogen-bond acceptors (Lipinski definition) is 2. The number of amides is 1. The fourth-order valence-corrected chi connectivity index (χ4v) is 0.736. The van der Waals surface area contributed by atoms with Gasteiger partial charge in [0.15, 0.2) is 0 Å². The Bertz CT molecular complexity index is 145. The third-order valence-electron chi connectivity index (χ3n) is 2.16. The summed E-state index contributed by atoms with van der Waals surface area (Å²) in [6.07, 6.45) is 0. The van der Waals surface area contributed by atoms with Crippen molar-refractivity contribution in [1.82, 2.24) is 5.32 Å². The summed E-state index contributed by atoms with van der Waals surface area (Å²) < 4.78 is 0. The van der Waals surface area contributed by atoms with Crippen LogP contribution in [0.1, 0.15) is 27.7 Å². The van der Waals surface area contributed by atoms with Crippen molar-refractivity contribution in [2.75, 3.05) is 6.54 Å². The number of nitrogens with two attached hydrogens (primary N) is 1. The molecule has 0 aliphatic heterocycles. The maximum Gasteiger partial charge on any atom is 0.223 e. The molecule has 0 aliphatic rings. The molecule has 0 rings (SSSR count). The zero-order chi connectivity index (χ0) is 9.72. The van der Waals surface area contributed by atoms with Crippen molar-refractivity contribution in [1.29, 1.82) is 0 Å². The first-order chi connectivity index (χ1) is 5.49. The van der Waals surface area contributed by atoms with Crippen LogP contribution in [-0.2, 0) is 4.79 Å². The van der Waals surface area contributed by atoms with Gasteiger partial charge in [-0.15, -0.1) is 0 Å². The SMILES string of the molecule is CC(C)C(C)C(=O)N[C@H](C)CN. The molecule has 0 spiro atoms. The molecule has 0 heterocycles. The van der Waals surface area contributed by atoms with Crippen molar-refractivity contribution >= 4 is 5.91 Å². The van der Waals surface area contributed by atoms with Crippen molar-refractivity contribution in [2.24, 2.45) is 17.6 Å². The molecular weight excluding hydrogens is 152 g/mol. The van der Waals surface area contributed by atoms with Gasteiger partial charge in [-0.25, -0.2) is 0 Å². The third-order valence-corrected chi connectivity index (χ3v) is 2.16. The molecule has 0 bridgehead atoms. The summed E-state index contributed by atoms with van der Waals surface area (Å²) >= 11 is 0. The Hall–Kier alpha value is -0.570. The molecule has 3 heteroatoms. The van der Waals surface area contributed by atoms with E-state index in [0.717, 1.165) is 0 Å². The van der Waals surface area contributed by atoms with Gasteiger partial charge in [0.25, 0.3) is 0 Å². The van der Waals surface area contributed by atoms with Crippen molar-refractivity contribution in [3.63, 3.8) is 0 Å². The third kappa shape index (κ3) is 3.72. The summed E-state index contributed by atoms with van der Waals surface area (Å²) in [7, 11) is 0. The lowest BCUT2D eigenvalue weighted by atomic mass is 9.97. The van der Waals surface area contributed by atoms with Crippen LogP contribution in [0.2, 0.25) is 0 Å². The molecule has 0 saturated carbocycles. The minimum atomic E-state index is 0.0685. The van der Waals surface area contributed by atoms with E-state index >= 15 is 0 Å². The smallest absolute Gasteiger partial charge is 0.223 e. The second-order valence-corrected chi connectivity index (χ2v) is 3.68. The van der Waals surface area contributed by atoms with Crippen molar-refractivity contribution in [3.05, 3.63) is 0 Å². The molecule has 0 saturated heterocycles. The van der Waals surface area contributed by atoms with Gasteiger partial charge in [-0.1, -0.05) is 20.8 Å². The normalized spacial score (nSPS) is 15.8. The van der Waals surface area contributed by atoms with Gasteiger partial charge in [0.05, 0.1) is 0 Å².